The lowest BCUT2D eigenvalue weighted by Gasteiger charge is -2.13. The molecule has 0 atom stereocenters. The highest BCUT2D eigenvalue weighted by Gasteiger charge is 2.44. The van der Waals surface area contributed by atoms with Crippen LogP contribution in [0.3, 0.4) is 0 Å². The molecule has 20 heavy (non-hydrogen) atoms. The minimum absolute atomic E-state index is 0.00275. The SMILES string of the molecule is Bc1ccc2c(c1)C(F)(F)c1cc(C(=O)CCl)ccc1-2. The summed E-state index contributed by atoms with van der Waals surface area (Å²) >= 11 is 5.48. The molecular weight excluding hydrogens is 280 g/mol. The second-order valence-corrected chi connectivity index (χ2v) is 5.21. The Balaban J connectivity index is 2.24. The number of ketones is 1. The van der Waals surface area contributed by atoms with Gasteiger partial charge in [-0.2, -0.15) is 8.78 Å². The molecule has 1 aliphatic carbocycles. The number of carbonyl (C=O) groups is 1. The van der Waals surface area contributed by atoms with Gasteiger partial charge in [-0.1, -0.05) is 35.8 Å². The highest BCUT2D eigenvalue weighted by Crippen LogP contribution is 2.50. The van der Waals surface area contributed by atoms with E-state index < -0.39 is 5.92 Å². The molecule has 0 heterocycles. The molecule has 0 spiro atoms. The van der Waals surface area contributed by atoms with Gasteiger partial charge in [-0.3, -0.25) is 4.79 Å². The lowest BCUT2D eigenvalue weighted by atomic mass is 9.91. The first-order chi connectivity index (χ1) is 9.45. The van der Waals surface area contributed by atoms with Crippen molar-refractivity contribution in [2.75, 3.05) is 5.88 Å². The van der Waals surface area contributed by atoms with Crippen LogP contribution >= 0.6 is 11.6 Å². The van der Waals surface area contributed by atoms with E-state index in [9.17, 15) is 13.6 Å². The molecule has 0 saturated carbocycles. The number of carbonyl (C=O) groups excluding carboxylic acids is 1. The van der Waals surface area contributed by atoms with Crippen molar-refractivity contribution in [1.82, 2.24) is 0 Å². The maximum Gasteiger partial charge on any atom is 0.299 e. The molecule has 0 aromatic heterocycles. The van der Waals surface area contributed by atoms with Crippen molar-refractivity contribution >= 4 is 30.7 Å². The van der Waals surface area contributed by atoms with E-state index in [0.29, 0.717) is 11.1 Å². The average Bonchev–Trinajstić information content (AvgIpc) is 2.66. The molecule has 2 aromatic carbocycles. The number of Topliss-reactive ketones (excluding diaryl/α,β-unsaturated/α-hetero) is 1. The molecule has 0 amide bonds. The van der Waals surface area contributed by atoms with Crippen molar-refractivity contribution in [3.63, 3.8) is 0 Å². The molecule has 1 aliphatic rings. The lowest BCUT2D eigenvalue weighted by Crippen LogP contribution is -2.15. The van der Waals surface area contributed by atoms with Gasteiger partial charge in [-0.15, -0.1) is 11.6 Å². The van der Waals surface area contributed by atoms with E-state index in [1.54, 1.807) is 26.0 Å². The molecule has 1 nitrogen and oxygen atoms in total. The van der Waals surface area contributed by atoms with Crippen LogP contribution < -0.4 is 5.46 Å². The minimum atomic E-state index is -3.07. The number of benzene rings is 2. The molecule has 3 rings (SSSR count). The minimum Gasteiger partial charge on any atom is -0.293 e. The molecule has 0 N–H and O–H groups in total. The number of hydrogen-bond acceptors (Lipinski definition) is 1. The molecule has 2 aromatic rings. The third-order valence-corrected chi connectivity index (χ3v) is 3.85. The molecule has 0 bridgehead atoms. The molecule has 5 heteroatoms. The summed E-state index contributed by atoms with van der Waals surface area (Å²) in [5, 5.41) is 0. The normalized spacial score (nSPS) is 14.8. The molecule has 0 fully saturated rings. The number of hydrogen-bond donors (Lipinski definition) is 0. The van der Waals surface area contributed by atoms with Gasteiger partial charge in [-0.05, 0) is 17.2 Å². The lowest BCUT2D eigenvalue weighted by molar-refractivity contribution is 0.0480. The van der Waals surface area contributed by atoms with Gasteiger partial charge < -0.3 is 0 Å². The van der Waals surface area contributed by atoms with Gasteiger partial charge in [0.25, 0.3) is 5.92 Å². The van der Waals surface area contributed by atoms with Crippen LogP contribution in [0.25, 0.3) is 11.1 Å². The Morgan fingerprint density at radius 3 is 2.35 bits per heavy atom. The molecule has 0 saturated heterocycles. The van der Waals surface area contributed by atoms with E-state index in [1.165, 1.54) is 12.1 Å². The summed E-state index contributed by atoms with van der Waals surface area (Å²) in [6.07, 6.45) is 0. The summed E-state index contributed by atoms with van der Waals surface area (Å²) in [5.74, 6) is -3.63. The van der Waals surface area contributed by atoms with Crippen molar-refractivity contribution in [2.45, 2.75) is 5.92 Å². The van der Waals surface area contributed by atoms with Crippen LogP contribution in [-0.4, -0.2) is 19.5 Å². The fourth-order valence-electron chi connectivity index (χ4n) is 2.59. The Morgan fingerprint density at radius 1 is 1.10 bits per heavy atom. The Morgan fingerprint density at radius 2 is 1.70 bits per heavy atom. The van der Waals surface area contributed by atoms with Gasteiger partial charge in [0.1, 0.15) is 7.85 Å². The maximum absolute atomic E-state index is 14.5. The van der Waals surface area contributed by atoms with Crippen molar-refractivity contribution < 1.29 is 13.6 Å². The summed E-state index contributed by atoms with van der Waals surface area (Å²) in [6, 6.07) is 9.39. The standard InChI is InChI=1S/C15H10BClF2O/c16-9-2-4-11-10-3-1-8(14(20)7-17)5-12(10)15(18,19)13(11)6-9/h1-6H,7,16H2. The third kappa shape index (κ3) is 1.79. The van der Waals surface area contributed by atoms with Gasteiger partial charge in [0.15, 0.2) is 5.78 Å². The monoisotopic (exact) mass is 290 g/mol. The highest BCUT2D eigenvalue weighted by atomic mass is 35.5. The third-order valence-electron chi connectivity index (χ3n) is 3.60. The van der Waals surface area contributed by atoms with E-state index >= 15 is 0 Å². The summed E-state index contributed by atoms with van der Waals surface area (Å²) < 4.78 is 29.0. The fourth-order valence-corrected chi connectivity index (χ4v) is 2.74. The average molecular weight is 291 g/mol. The maximum atomic E-state index is 14.5. The van der Waals surface area contributed by atoms with Crippen LogP contribution in [0.2, 0.25) is 0 Å². The van der Waals surface area contributed by atoms with Crippen LogP contribution in [0, 0.1) is 0 Å². The molecule has 100 valence electrons. The van der Waals surface area contributed by atoms with Crippen LogP contribution in [0.1, 0.15) is 21.5 Å². The van der Waals surface area contributed by atoms with Gasteiger partial charge in [0, 0.05) is 16.7 Å². The predicted molar refractivity (Wildman–Crippen MR) is 78.1 cm³/mol. The summed E-state index contributed by atoms with van der Waals surface area (Å²) in [7, 11) is 1.78. The zero-order chi connectivity index (χ0) is 14.5. The number of rotatable bonds is 2. The smallest absolute Gasteiger partial charge is 0.293 e. The largest absolute Gasteiger partial charge is 0.299 e. The van der Waals surface area contributed by atoms with Gasteiger partial charge >= 0.3 is 0 Å². The van der Waals surface area contributed by atoms with Crippen LogP contribution in [-0.2, 0) is 5.92 Å². The van der Waals surface area contributed by atoms with Crippen molar-refractivity contribution in [1.29, 1.82) is 0 Å². The zero-order valence-electron chi connectivity index (χ0n) is 10.7. The first kappa shape index (κ1) is 13.3. The highest BCUT2D eigenvalue weighted by molar-refractivity contribution is 6.32. The van der Waals surface area contributed by atoms with Crippen molar-refractivity contribution in [3.8, 4) is 11.1 Å². The summed E-state index contributed by atoms with van der Waals surface area (Å²) in [4.78, 5) is 11.6. The van der Waals surface area contributed by atoms with Crippen molar-refractivity contribution in [2.24, 2.45) is 0 Å². The van der Waals surface area contributed by atoms with Crippen LogP contribution in [0.15, 0.2) is 36.4 Å². The molecular formula is C15H10BClF2O. The Kier molecular flexibility index (Phi) is 2.94. The Bertz CT molecular complexity index is 728. The second-order valence-electron chi connectivity index (χ2n) is 4.94. The predicted octanol–water partition coefficient (Wildman–Crippen LogP) is 2.49. The Hall–Kier alpha value is -1.68. The fraction of sp³-hybridized carbons (Fsp3) is 0.133. The quantitative estimate of drug-likeness (QED) is 0.472. The van der Waals surface area contributed by atoms with Crippen molar-refractivity contribution in [3.05, 3.63) is 53.1 Å². The first-order valence-electron chi connectivity index (χ1n) is 6.18. The van der Waals surface area contributed by atoms with Crippen LogP contribution in [0.5, 0.6) is 0 Å². The first-order valence-corrected chi connectivity index (χ1v) is 6.71. The zero-order valence-corrected chi connectivity index (χ0v) is 11.5. The number of alkyl halides is 3. The van der Waals surface area contributed by atoms with E-state index in [0.717, 1.165) is 5.46 Å². The summed E-state index contributed by atoms with van der Waals surface area (Å²) in [6.45, 7) is 0. The number of halogens is 3. The van der Waals surface area contributed by atoms with E-state index in [2.05, 4.69) is 0 Å². The van der Waals surface area contributed by atoms with E-state index in [-0.39, 0.29) is 28.4 Å². The molecule has 0 aliphatic heterocycles. The Labute approximate surface area is 121 Å². The number of fused-ring (bicyclic) bond motifs is 3. The second kappa shape index (κ2) is 4.42. The summed E-state index contributed by atoms with van der Waals surface area (Å²) in [5.41, 5.74) is 1.91. The van der Waals surface area contributed by atoms with E-state index in [1.807, 2.05) is 6.07 Å². The van der Waals surface area contributed by atoms with Gasteiger partial charge in [0.2, 0.25) is 0 Å². The molecule has 0 unspecified atom stereocenters. The van der Waals surface area contributed by atoms with E-state index in [4.69, 9.17) is 11.6 Å². The van der Waals surface area contributed by atoms with Gasteiger partial charge in [-0.25, -0.2) is 0 Å². The topological polar surface area (TPSA) is 17.1 Å². The van der Waals surface area contributed by atoms with Gasteiger partial charge in [0.05, 0.1) is 5.88 Å². The molecule has 0 radical (unpaired) electrons. The van der Waals surface area contributed by atoms with Crippen LogP contribution in [0.4, 0.5) is 8.78 Å².